The Labute approximate surface area is 181 Å². The van der Waals surface area contributed by atoms with Crippen molar-refractivity contribution in [1.82, 2.24) is 24.4 Å². The fraction of sp³-hybridized carbons (Fsp3) is 0.273. The molecule has 0 unspecified atom stereocenters. The van der Waals surface area contributed by atoms with Gasteiger partial charge in [0.05, 0.1) is 29.5 Å². The van der Waals surface area contributed by atoms with E-state index in [0.29, 0.717) is 21.5 Å². The zero-order valence-corrected chi connectivity index (χ0v) is 17.9. The summed E-state index contributed by atoms with van der Waals surface area (Å²) < 4.78 is 43.6. The van der Waals surface area contributed by atoms with Crippen molar-refractivity contribution in [1.29, 1.82) is 0 Å². The van der Waals surface area contributed by atoms with Gasteiger partial charge in [-0.05, 0) is 24.5 Å². The highest BCUT2D eigenvalue weighted by atomic mass is 19.4. The molecule has 7 nitrogen and oxygen atoms in total. The number of fused-ring (bicyclic) bond motifs is 1. The summed E-state index contributed by atoms with van der Waals surface area (Å²) in [5.41, 5.74) is 1.56. The molecule has 4 rings (SSSR count). The number of hydrogen-bond donors (Lipinski definition) is 1. The van der Waals surface area contributed by atoms with E-state index in [9.17, 15) is 18.0 Å². The third kappa shape index (κ3) is 3.83. The van der Waals surface area contributed by atoms with Crippen LogP contribution in [-0.2, 0) is 13.2 Å². The Morgan fingerprint density at radius 3 is 2.34 bits per heavy atom. The first-order valence-electron chi connectivity index (χ1n) is 9.92. The van der Waals surface area contributed by atoms with Crippen molar-refractivity contribution in [2.24, 2.45) is 7.05 Å². The van der Waals surface area contributed by atoms with E-state index >= 15 is 0 Å². The molecule has 0 atom stereocenters. The highest BCUT2D eigenvalue weighted by molar-refractivity contribution is 6.08. The SMILES string of the molecule is Cc1c(NC(=O)c2cnn3c(C(F)(F)F)cc(-c4ccc(C(C)C)cc4)nc23)cnn1C. The molecule has 0 spiro atoms. The molecule has 0 aliphatic carbocycles. The van der Waals surface area contributed by atoms with E-state index in [4.69, 9.17) is 0 Å². The van der Waals surface area contributed by atoms with Crippen molar-refractivity contribution >= 4 is 17.2 Å². The summed E-state index contributed by atoms with van der Waals surface area (Å²) in [4.78, 5) is 17.2. The normalized spacial score (nSPS) is 12.0. The largest absolute Gasteiger partial charge is 0.433 e. The predicted molar refractivity (Wildman–Crippen MR) is 113 cm³/mol. The topological polar surface area (TPSA) is 77.1 Å². The van der Waals surface area contributed by atoms with Gasteiger partial charge in [-0.15, -0.1) is 0 Å². The maximum atomic E-state index is 13.8. The zero-order valence-electron chi connectivity index (χ0n) is 17.9. The maximum Gasteiger partial charge on any atom is 0.433 e. The number of amides is 1. The average Bonchev–Trinajstić information content (AvgIpc) is 3.31. The number of alkyl halides is 3. The second kappa shape index (κ2) is 7.77. The van der Waals surface area contributed by atoms with Crippen LogP contribution in [0.2, 0.25) is 0 Å². The summed E-state index contributed by atoms with van der Waals surface area (Å²) in [5.74, 6) is -0.338. The van der Waals surface area contributed by atoms with E-state index in [1.54, 1.807) is 30.8 Å². The molecule has 0 saturated heterocycles. The van der Waals surface area contributed by atoms with Gasteiger partial charge in [0, 0.05) is 12.6 Å². The van der Waals surface area contributed by atoms with E-state index < -0.39 is 17.8 Å². The van der Waals surface area contributed by atoms with Crippen molar-refractivity contribution in [2.45, 2.75) is 32.9 Å². The molecule has 3 heterocycles. The van der Waals surface area contributed by atoms with Gasteiger partial charge in [0.1, 0.15) is 5.56 Å². The Hall–Kier alpha value is -3.69. The molecule has 32 heavy (non-hydrogen) atoms. The number of nitrogens with zero attached hydrogens (tertiary/aromatic N) is 5. The second-order valence-corrected chi connectivity index (χ2v) is 7.82. The molecular weight excluding hydrogens is 421 g/mol. The lowest BCUT2D eigenvalue weighted by Gasteiger charge is -2.12. The molecule has 0 bridgehead atoms. The van der Waals surface area contributed by atoms with Crippen molar-refractivity contribution in [3.63, 3.8) is 0 Å². The van der Waals surface area contributed by atoms with E-state index in [0.717, 1.165) is 17.8 Å². The lowest BCUT2D eigenvalue weighted by molar-refractivity contribution is -0.142. The zero-order chi connectivity index (χ0) is 23.2. The standard InChI is InChI=1S/C22H21F3N6O/c1-12(2)14-5-7-15(8-6-14)17-9-19(22(23,24)25)31-20(28-17)16(10-27-31)21(32)29-18-11-26-30(4)13(18)3/h5-12H,1-4H3,(H,29,32). The number of hydrogen-bond acceptors (Lipinski definition) is 4. The molecular formula is C22H21F3N6O. The Morgan fingerprint density at radius 2 is 1.78 bits per heavy atom. The third-order valence-electron chi connectivity index (χ3n) is 5.36. The smallest absolute Gasteiger partial charge is 0.319 e. The number of aryl methyl sites for hydroxylation is 1. The van der Waals surface area contributed by atoms with Crippen LogP contribution in [-0.4, -0.2) is 30.3 Å². The number of rotatable bonds is 4. The minimum atomic E-state index is -4.69. The molecule has 0 aliphatic heterocycles. The first kappa shape index (κ1) is 21.5. The summed E-state index contributed by atoms with van der Waals surface area (Å²) in [6.07, 6.45) is -2.13. The summed E-state index contributed by atoms with van der Waals surface area (Å²) in [5, 5.41) is 10.5. The van der Waals surface area contributed by atoms with Gasteiger partial charge in [0.2, 0.25) is 0 Å². The van der Waals surface area contributed by atoms with Crippen LogP contribution in [0, 0.1) is 6.92 Å². The number of benzene rings is 1. The van der Waals surface area contributed by atoms with Crippen molar-refractivity contribution in [2.75, 3.05) is 5.32 Å². The van der Waals surface area contributed by atoms with Crippen LogP contribution < -0.4 is 5.32 Å². The quantitative estimate of drug-likeness (QED) is 0.491. The molecule has 10 heteroatoms. The van der Waals surface area contributed by atoms with Gasteiger partial charge < -0.3 is 5.32 Å². The average molecular weight is 442 g/mol. The van der Waals surface area contributed by atoms with Crippen LogP contribution in [0.3, 0.4) is 0 Å². The summed E-state index contributed by atoms with van der Waals surface area (Å²) in [6, 6.07) is 8.10. The van der Waals surface area contributed by atoms with Gasteiger partial charge in [-0.25, -0.2) is 9.50 Å². The predicted octanol–water partition coefficient (Wildman–Crippen LogP) is 4.83. The van der Waals surface area contributed by atoms with Crippen LogP contribution in [0.5, 0.6) is 0 Å². The van der Waals surface area contributed by atoms with Gasteiger partial charge >= 0.3 is 6.18 Å². The highest BCUT2D eigenvalue weighted by Gasteiger charge is 2.36. The molecule has 3 aromatic heterocycles. The first-order valence-corrected chi connectivity index (χ1v) is 9.92. The molecule has 0 fully saturated rings. The Bertz CT molecular complexity index is 1300. The Balaban J connectivity index is 1.83. The summed E-state index contributed by atoms with van der Waals surface area (Å²) >= 11 is 0. The fourth-order valence-corrected chi connectivity index (χ4v) is 3.32. The second-order valence-electron chi connectivity index (χ2n) is 7.82. The Morgan fingerprint density at radius 1 is 1.09 bits per heavy atom. The van der Waals surface area contributed by atoms with Crippen molar-refractivity contribution in [3.05, 3.63) is 65.2 Å². The number of carbonyl (C=O) groups excluding carboxylic acids is 1. The van der Waals surface area contributed by atoms with E-state index in [2.05, 4.69) is 20.5 Å². The minimum absolute atomic E-state index is 0.0700. The minimum Gasteiger partial charge on any atom is -0.319 e. The maximum absolute atomic E-state index is 13.8. The highest BCUT2D eigenvalue weighted by Crippen LogP contribution is 2.33. The lowest BCUT2D eigenvalue weighted by atomic mass is 10.0. The number of nitrogens with one attached hydrogen (secondary N) is 1. The molecule has 0 radical (unpaired) electrons. The lowest BCUT2D eigenvalue weighted by Crippen LogP contribution is -2.16. The van der Waals surface area contributed by atoms with Crippen molar-refractivity contribution < 1.29 is 18.0 Å². The Kier molecular flexibility index (Phi) is 5.23. The molecule has 1 amide bonds. The number of halogens is 3. The molecule has 1 aromatic carbocycles. The van der Waals surface area contributed by atoms with Crippen molar-refractivity contribution in [3.8, 4) is 11.3 Å². The fourth-order valence-electron chi connectivity index (χ4n) is 3.32. The molecule has 0 saturated carbocycles. The molecule has 1 N–H and O–H groups in total. The van der Waals surface area contributed by atoms with Crippen LogP contribution in [0.4, 0.5) is 18.9 Å². The van der Waals surface area contributed by atoms with Crippen LogP contribution in [0.1, 0.15) is 47.1 Å². The van der Waals surface area contributed by atoms with E-state index in [-0.39, 0.29) is 22.8 Å². The van der Waals surface area contributed by atoms with Crippen LogP contribution in [0.25, 0.3) is 16.9 Å². The number of anilines is 1. The number of aromatic nitrogens is 5. The van der Waals surface area contributed by atoms with Gasteiger partial charge in [-0.1, -0.05) is 38.1 Å². The summed E-state index contributed by atoms with van der Waals surface area (Å²) in [7, 11) is 1.72. The third-order valence-corrected chi connectivity index (χ3v) is 5.36. The molecule has 166 valence electrons. The van der Waals surface area contributed by atoms with Gasteiger partial charge in [-0.3, -0.25) is 9.48 Å². The van der Waals surface area contributed by atoms with Crippen LogP contribution in [0.15, 0.2) is 42.7 Å². The van der Waals surface area contributed by atoms with Gasteiger partial charge in [0.25, 0.3) is 5.91 Å². The monoisotopic (exact) mass is 442 g/mol. The first-order chi connectivity index (χ1) is 15.1. The molecule has 4 aromatic rings. The number of carbonyl (C=O) groups is 1. The van der Waals surface area contributed by atoms with E-state index in [1.165, 1.54) is 6.20 Å². The van der Waals surface area contributed by atoms with Crippen LogP contribution >= 0.6 is 0 Å². The molecule has 0 aliphatic rings. The van der Waals surface area contributed by atoms with Gasteiger partial charge in [0.15, 0.2) is 11.3 Å². The van der Waals surface area contributed by atoms with Gasteiger partial charge in [-0.2, -0.15) is 23.4 Å². The van der Waals surface area contributed by atoms with E-state index in [1.807, 2.05) is 26.0 Å². The summed E-state index contributed by atoms with van der Waals surface area (Å²) in [6.45, 7) is 5.82.